The number of hydrogen-bond acceptors (Lipinski definition) is 5. The quantitative estimate of drug-likeness (QED) is 0.604. The van der Waals surface area contributed by atoms with Gasteiger partial charge in [0.05, 0.1) is 11.5 Å². The zero-order valence-electron chi connectivity index (χ0n) is 10.1. The van der Waals surface area contributed by atoms with Gasteiger partial charge in [-0.3, -0.25) is 15.0 Å². The number of nitro benzene ring substituents is 1. The number of para-hydroxylation sites is 2. The second kappa shape index (κ2) is 5.30. The average Bonchev–Trinajstić information content (AvgIpc) is 2.39. The van der Waals surface area contributed by atoms with Gasteiger partial charge in [-0.1, -0.05) is 12.1 Å². The van der Waals surface area contributed by atoms with Gasteiger partial charge in [0.1, 0.15) is 5.84 Å². The molecule has 1 aliphatic rings. The highest BCUT2D eigenvalue weighted by molar-refractivity contribution is 5.95. The molecule has 2 rings (SSSR count). The first-order valence-electron chi connectivity index (χ1n) is 5.52. The monoisotopic (exact) mass is 261 g/mol. The number of nitro groups is 1. The highest BCUT2D eigenvalue weighted by Gasteiger charge is 2.23. The van der Waals surface area contributed by atoms with Gasteiger partial charge in [-0.15, -0.1) is 0 Å². The Balaban J connectivity index is 2.18. The fraction of sp³-hybridized carbons (Fsp3) is 0.167. The lowest BCUT2D eigenvalue weighted by Crippen LogP contribution is -2.38. The minimum atomic E-state index is -0.695. The van der Waals surface area contributed by atoms with Gasteiger partial charge in [-0.25, -0.2) is 9.79 Å². The predicted molar refractivity (Wildman–Crippen MR) is 68.1 cm³/mol. The number of hydrogen-bond donors (Lipinski definition) is 0. The molecule has 98 valence electrons. The van der Waals surface area contributed by atoms with Crippen molar-refractivity contribution >= 4 is 17.6 Å². The third-order valence-electron chi connectivity index (χ3n) is 2.52. The van der Waals surface area contributed by atoms with Crippen LogP contribution in [0.15, 0.2) is 41.5 Å². The Hall–Kier alpha value is -2.70. The van der Waals surface area contributed by atoms with Gasteiger partial charge in [0.15, 0.2) is 0 Å². The zero-order valence-corrected chi connectivity index (χ0v) is 10.1. The van der Waals surface area contributed by atoms with Gasteiger partial charge in [0.2, 0.25) is 5.75 Å². The van der Waals surface area contributed by atoms with Gasteiger partial charge in [-0.2, -0.15) is 0 Å². The van der Waals surface area contributed by atoms with E-state index >= 15 is 0 Å². The average molecular weight is 261 g/mol. The first-order chi connectivity index (χ1) is 9.09. The van der Waals surface area contributed by atoms with E-state index in [1.165, 1.54) is 23.1 Å². The van der Waals surface area contributed by atoms with Crippen LogP contribution in [0.2, 0.25) is 0 Å². The molecule has 0 atom stereocenters. The van der Waals surface area contributed by atoms with Crippen LogP contribution in [0.25, 0.3) is 0 Å². The van der Waals surface area contributed by atoms with Gasteiger partial charge >= 0.3 is 11.8 Å². The maximum Gasteiger partial charge on any atom is 0.421 e. The molecule has 0 N–H and O–H groups in total. The minimum absolute atomic E-state index is 0.0835. The van der Waals surface area contributed by atoms with Crippen LogP contribution < -0.4 is 4.74 Å². The van der Waals surface area contributed by atoms with Crippen molar-refractivity contribution in [2.24, 2.45) is 4.99 Å². The van der Waals surface area contributed by atoms with E-state index in [1.54, 1.807) is 25.3 Å². The molecule has 1 aromatic carbocycles. The number of rotatable bonds is 2. The summed E-state index contributed by atoms with van der Waals surface area (Å²) in [5.74, 6) is 0.394. The van der Waals surface area contributed by atoms with Gasteiger partial charge in [0.25, 0.3) is 0 Å². The Morgan fingerprint density at radius 3 is 2.89 bits per heavy atom. The molecule has 0 aromatic heterocycles. The van der Waals surface area contributed by atoms with E-state index in [4.69, 9.17) is 4.74 Å². The third kappa shape index (κ3) is 2.76. The number of nitrogens with zero attached hydrogens (tertiary/aromatic N) is 3. The SMILES string of the molecule is CC1=NC=CCN1C(=O)Oc1ccccc1[N+](=O)[O-]. The normalized spacial score (nSPS) is 13.9. The minimum Gasteiger partial charge on any atom is -0.403 e. The lowest BCUT2D eigenvalue weighted by molar-refractivity contribution is -0.385. The molecule has 0 spiro atoms. The number of carbonyl (C=O) groups is 1. The van der Waals surface area contributed by atoms with Crippen LogP contribution in [0.3, 0.4) is 0 Å². The van der Waals surface area contributed by atoms with E-state index in [9.17, 15) is 14.9 Å². The van der Waals surface area contributed by atoms with E-state index < -0.39 is 11.0 Å². The van der Waals surface area contributed by atoms with Crippen molar-refractivity contribution in [3.05, 3.63) is 46.7 Å². The molecule has 7 heteroatoms. The third-order valence-corrected chi connectivity index (χ3v) is 2.52. The second-order valence-corrected chi connectivity index (χ2v) is 3.76. The van der Waals surface area contributed by atoms with Crippen molar-refractivity contribution < 1.29 is 14.5 Å². The maximum absolute atomic E-state index is 11.9. The van der Waals surface area contributed by atoms with Crippen LogP contribution in [0.1, 0.15) is 6.92 Å². The van der Waals surface area contributed by atoms with Crippen molar-refractivity contribution in [2.45, 2.75) is 6.92 Å². The standard InChI is InChI=1S/C12H11N3O4/c1-9-13-7-4-8-14(9)12(16)19-11-6-3-2-5-10(11)15(17)18/h2-7H,8H2,1H3. The summed E-state index contributed by atoms with van der Waals surface area (Å²) in [5.41, 5.74) is -0.252. The Bertz CT molecular complexity index is 580. The fourth-order valence-corrected chi connectivity index (χ4v) is 1.57. The summed E-state index contributed by atoms with van der Waals surface area (Å²) in [6.45, 7) is 1.99. The molecule has 0 unspecified atom stereocenters. The summed E-state index contributed by atoms with van der Waals surface area (Å²) < 4.78 is 5.05. The highest BCUT2D eigenvalue weighted by atomic mass is 16.6. The van der Waals surface area contributed by atoms with Gasteiger partial charge in [0, 0.05) is 12.3 Å². The van der Waals surface area contributed by atoms with Crippen molar-refractivity contribution in [3.8, 4) is 5.75 Å². The summed E-state index contributed by atoms with van der Waals surface area (Å²) in [4.78, 5) is 27.4. The highest BCUT2D eigenvalue weighted by Crippen LogP contribution is 2.26. The smallest absolute Gasteiger partial charge is 0.403 e. The lowest BCUT2D eigenvalue weighted by Gasteiger charge is -2.21. The second-order valence-electron chi connectivity index (χ2n) is 3.76. The molecule has 0 saturated heterocycles. The summed E-state index contributed by atoms with van der Waals surface area (Å²) >= 11 is 0. The first-order valence-corrected chi connectivity index (χ1v) is 5.52. The molecule has 0 aliphatic carbocycles. The van der Waals surface area contributed by atoms with E-state index in [1.807, 2.05) is 0 Å². The largest absolute Gasteiger partial charge is 0.421 e. The number of aliphatic imine (C=N–C) groups is 1. The Kier molecular flexibility index (Phi) is 3.56. The summed E-state index contributed by atoms with van der Waals surface area (Å²) in [7, 11) is 0. The molecule has 1 aliphatic heterocycles. The molecule has 1 aromatic rings. The van der Waals surface area contributed by atoms with Crippen molar-refractivity contribution in [3.63, 3.8) is 0 Å². The summed E-state index contributed by atoms with van der Waals surface area (Å²) in [5, 5.41) is 10.8. The fourth-order valence-electron chi connectivity index (χ4n) is 1.57. The van der Waals surface area contributed by atoms with Gasteiger partial charge < -0.3 is 4.74 Å². The first kappa shape index (κ1) is 12.7. The van der Waals surface area contributed by atoms with Crippen LogP contribution in [0.5, 0.6) is 5.75 Å². The van der Waals surface area contributed by atoms with E-state index in [0.717, 1.165) is 0 Å². The van der Waals surface area contributed by atoms with Crippen LogP contribution >= 0.6 is 0 Å². The summed E-state index contributed by atoms with van der Waals surface area (Å²) in [6, 6.07) is 5.72. The van der Waals surface area contributed by atoms with Crippen molar-refractivity contribution in [1.29, 1.82) is 0 Å². The Morgan fingerprint density at radius 1 is 1.47 bits per heavy atom. The topological polar surface area (TPSA) is 85.0 Å². The number of amides is 1. The predicted octanol–water partition coefficient (Wildman–Crippen LogP) is 2.34. The zero-order chi connectivity index (χ0) is 13.8. The number of carbonyl (C=O) groups excluding carboxylic acids is 1. The van der Waals surface area contributed by atoms with Crippen LogP contribution in [0.4, 0.5) is 10.5 Å². The molecule has 7 nitrogen and oxygen atoms in total. The number of benzene rings is 1. The van der Waals surface area contributed by atoms with Crippen LogP contribution in [-0.2, 0) is 0 Å². The van der Waals surface area contributed by atoms with Gasteiger partial charge in [-0.05, 0) is 19.1 Å². The summed E-state index contributed by atoms with van der Waals surface area (Å²) in [6.07, 6.45) is 2.58. The van der Waals surface area contributed by atoms with Crippen LogP contribution in [0, 0.1) is 10.1 Å². The molecule has 0 radical (unpaired) electrons. The molecular weight excluding hydrogens is 250 g/mol. The van der Waals surface area contributed by atoms with Crippen molar-refractivity contribution in [2.75, 3.05) is 6.54 Å². The molecule has 0 bridgehead atoms. The lowest BCUT2D eigenvalue weighted by atomic mass is 10.3. The Labute approximate surface area is 109 Å². The van der Waals surface area contributed by atoms with E-state index in [-0.39, 0.29) is 11.4 Å². The van der Waals surface area contributed by atoms with Crippen molar-refractivity contribution in [1.82, 2.24) is 4.90 Å². The molecule has 0 fully saturated rings. The molecule has 19 heavy (non-hydrogen) atoms. The molecule has 0 saturated carbocycles. The molecule has 1 amide bonds. The molecule has 1 heterocycles. The number of amidine groups is 1. The maximum atomic E-state index is 11.9. The number of ether oxygens (including phenoxy) is 1. The van der Waals surface area contributed by atoms with E-state index in [0.29, 0.717) is 12.4 Å². The molecular formula is C12H11N3O4. The van der Waals surface area contributed by atoms with E-state index in [2.05, 4.69) is 4.99 Å². The Morgan fingerprint density at radius 2 is 2.21 bits per heavy atom. The van der Waals surface area contributed by atoms with Crippen LogP contribution in [-0.4, -0.2) is 28.3 Å².